The summed E-state index contributed by atoms with van der Waals surface area (Å²) in [5.41, 5.74) is 1.75. The highest BCUT2D eigenvalue weighted by Gasteiger charge is 2.20. The molecule has 23 heavy (non-hydrogen) atoms. The molecule has 4 nitrogen and oxygen atoms in total. The molecule has 0 saturated carbocycles. The van der Waals surface area contributed by atoms with Gasteiger partial charge in [-0.05, 0) is 39.8 Å². The second-order valence-electron chi connectivity index (χ2n) is 5.87. The van der Waals surface area contributed by atoms with E-state index in [1.807, 2.05) is 58.0 Å². The lowest BCUT2D eigenvalue weighted by molar-refractivity contribution is 0.0889. The van der Waals surface area contributed by atoms with Gasteiger partial charge in [0.1, 0.15) is 0 Å². The fourth-order valence-electron chi connectivity index (χ4n) is 2.47. The van der Waals surface area contributed by atoms with Crippen LogP contribution in [0.15, 0.2) is 36.5 Å². The zero-order chi connectivity index (χ0) is 16.8. The predicted octanol–water partition coefficient (Wildman–Crippen LogP) is 3.84. The van der Waals surface area contributed by atoms with Gasteiger partial charge in [0.05, 0.1) is 5.52 Å². The molecule has 0 aliphatic rings. The molecule has 0 bridgehead atoms. The molecular formula is C19H22N2O2. The van der Waals surface area contributed by atoms with E-state index in [4.69, 9.17) is 4.74 Å². The molecule has 120 valence electrons. The first kappa shape index (κ1) is 16.8. The van der Waals surface area contributed by atoms with E-state index in [0.717, 1.165) is 16.5 Å². The lowest BCUT2D eigenvalue weighted by Gasteiger charge is -2.29. The predicted molar refractivity (Wildman–Crippen MR) is 92.1 cm³/mol. The molecule has 4 heteroatoms. The molecule has 1 aromatic heterocycles. The van der Waals surface area contributed by atoms with Crippen molar-refractivity contribution in [2.45, 2.75) is 39.8 Å². The van der Waals surface area contributed by atoms with Crippen LogP contribution in [0.1, 0.15) is 33.3 Å². The minimum Gasteiger partial charge on any atom is -0.436 e. The number of ether oxygens (including phenoxy) is 1. The Morgan fingerprint density at radius 1 is 1.22 bits per heavy atom. The Labute approximate surface area is 137 Å². The van der Waals surface area contributed by atoms with Crippen LogP contribution in [0.3, 0.4) is 0 Å². The van der Waals surface area contributed by atoms with Gasteiger partial charge < -0.3 is 9.64 Å². The first-order valence-electron chi connectivity index (χ1n) is 7.78. The Morgan fingerprint density at radius 3 is 2.61 bits per heavy atom. The SMILES string of the molecule is CC(C)N(C(=O)OCC#Cc1cnc2ccccc2c1)C(C)C. The van der Waals surface area contributed by atoms with Gasteiger partial charge >= 0.3 is 6.09 Å². The van der Waals surface area contributed by atoms with Crippen LogP contribution in [0.5, 0.6) is 0 Å². The summed E-state index contributed by atoms with van der Waals surface area (Å²) in [6.45, 7) is 7.93. The number of nitrogens with zero attached hydrogens (tertiary/aromatic N) is 2. The van der Waals surface area contributed by atoms with Crippen molar-refractivity contribution in [1.82, 2.24) is 9.88 Å². The van der Waals surface area contributed by atoms with Crippen molar-refractivity contribution >= 4 is 17.0 Å². The van der Waals surface area contributed by atoms with Gasteiger partial charge in [0.25, 0.3) is 0 Å². The van der Waals surface area contributed by atoms with Crippen molar-refractivity contribution in [2.75, 3.05) is 6.61 Å². The Kier molecular flexibility index (Phi) is 5.59. The third-order valence-corrected chi connectivity index (χ3v) is 3.41. The largest absolute Gasteiger partial charge is 0.436 e. The van der Waals surface area contributed by atoms with E-state index in [2.05, 4.69) is 16.8 Å². The van der Waals surface area contributed by atoms with E-state index in [9.17, 15) is 4.79 Å². The minimum atomic E-state index is -0.332. The van der Waals surface area contributed by atoms with Gasteiger partial charge in [-0.3, -0.25) is 4.98 Å². The van der Waals surface area contributed by atoms with Crippen molar-refractivity contribution in [2.24, 2.45) is 0 Å². The monoisotopic (exact) mass is 310 g/mol. The molecular weight excluding hydrogens is 288 g/mol. The summed E-state index contributed by atoms with van der Waals surface area (Å²) in [4.78, 5) is 18.1. The fourth-order valence-corrected chi connectivity index (χ4v) is 2.47. The van der Waals surface area contributed by atoms with Crippen molar-refractivity contribution < 1.29 is 9.53 Å². The van der Waals surface area contributed by atoms with Crippen molar-refractivity contribution in [3.05, 3.63) is 42.1 Å². The normalized spacial score (nSPS) is 10.5. The van der Waals surface area contributed by atoms with Gasteiger partial charge in [-0.2, -0.15) is 0 Å². The fraction of sp³-hybridized carbons (Fsp3) is 0.368. The number of carbonyl (C=O) groups is 1. The van der Waals surface area contributed by atoms with Crippen LogP contribution in [-0.2, 0) is 4.74 Å². The molecule has 1 aromatic carbocycles. The standard InChI is InChI=1S/C19H22N2O2/c1-14(2)21(15(3)4)19(22)23-11-7-8-16-12-17-9-5-6-10-18(17)20-13-16/h5-6,9-10,12-15H,11H2,1-4H3. The summed E-state index contributed by atoms with van der Waals surface area (Å²) in [5, 5.41) is 1.04. The molecule has 2 aromatic rings. The maximum absolute atomic E-state index is 12.0. The second-order valence-corrected chi connectivity index (χ2v) is 5.87. The number of hydrogen-bond acceptors (Lipinski definition) is 3. The zero-order valence-corrected chi connectivity index (χ0v) is 14.0. The summed E-state index contributed by atoms with van der Waals surface area (Å²) in [7, 11) is 0. The first-order chi connectivity index (χ1) is 11.0. The number of carbonyl (C=O) groups excluding carboxylic acids is 1. The topological polar surface area (TPSA) is 42.4 Å². The molecule has 0 spiro atoms. The van der Waals surface area contributed by atoms with Gasteiger partial charge in [0, 0.05) is 29.2 Å². The molecule has 2 rings (SSSR count). The number of aromatic nitrogens is 1. The van der Waals surface area contributed by atoms with E-state index < -0.39 is 0 Å². The number of rotatable bonds is 3. The number of benzene rings is 1. The highest BCUT2D eigenvalue weighted by atomic mass is 16.6. The average Bonchev–Trinajstić information content (AvgIpc) is 2.50. The zero-order valence-electron chi connectivity index (χ0n) is 14.0. The molecule has 0 fully saturated rings. The van der Waals surface area contributed by atoms with Gasteiger partial charge in [0.15, 0.2) is 6.61 Å². The molecule has 0 aliphatic carbocycles. The van der Waals surface area contributed by atoms with Crippen LogP contribution in [-0.4, -0.2) is 34.7 Å². The average molecular weight is 310 g/mol. The van der Waals surface area contributed by atoms with Crippen LogP contribution in [0, 0.1) is 11.8 Å². The van der Waals surface area contributed by atoms with Gasteiger partial charge in [-0.1, -0.05) is 30.0 Å². The smallest absolute Gasteiger partial charge is 0.411 e. The van der Waals surface area contributed by atoms with E-state index in [-0.39, 0.29) is 24.8 Å². The second kappa shape index (κ2) is 7.64. The lowest BCUT2D eigenvalue weighted by atomic mass is 10.2. The first-order valence-corrected chi connectivity index (χ1v) is 7.78. The van der Waals surface area contributed by atoms with Crippen molar-refractivity contribution in [3.63, 3.8) is 0 Å². The molecule has 0 atom stereocenters. The maximum atomic E-state index is 12.0. The van der Waals surface area contributed by atoms with Crippen LogP contribution in [0.2, 0.25) is 0 Å². The van der Waals surface area contributed by atoms with Gasteiger partial charge in [-0.25, -0.2) is 4.79 Å². The lowest BCUT2D eigenvalue weighted by Crippen LogP contribution is -2.42. The van der Waals surface area contributed by atoms with E-state index in [1.165, 1.54) is 0 Å². The number of fused-ring (bicyclic) bond motifs is 1. The Balaban J connectivity index is 1.98. The molecule has 0 radical (unpaired) electrons. The Bertz CT molecular complexity index is 734. The molecule has 0 saturated heterocycles. The summed E-state index contributed by atoms with van der Waals surface area (Å²) < 4.78 is 5.23. The number of amides is 1. The summed E-state index contributed by atoms with van der Waals surface area (Å²) in [6, 6.07) is 10.0. The van der Waals surface area contributed by atoms with E-state index >= 15 is 0 Å². The van der Waals surface area contributed by atoms with Crippen molar-refractivity contribution in [3.8, 4) is 11.8 Å². The molecule has 0 aliphatic heterocycles. The summed E-state index contributed by atoms with van der Waals surface area (Å²) in [5.74, 6) is 5.85. The van der Waals surface area contributed by atoms with E-state index in [0.29, 0.717) is 0 Å². The number of para-hydroxylation sites is 1. The third kappa shape index (κ3) is 4.46. The summed E-state index contributed by atoms with van der Waals surface area (Å²) >= 11 is 0. The van der Waals surface area contributed by atoms with Gasteiger partial charge in [-0.15, -0.1) is 0 Å². The Hall–Kier alpha value is -2.54. The maximum Gasteiger partial charge on any atom is 0.411 e. The van der Waals surface area contributed by atoms with Crippen LogP contribution in [0.25, 0.3) is 10.9 Å². The van der Waals surface area contributed by atoms with Gasteiger partial charge in [0.2, 0.25) is 0 Å². The third-order valence-electron chi connectivity index (χ3n) is 3.41. The van der Waals surface area contributed by atoms with Crippen LogP contribution < -0.4 is 0 Å². The molecule has 1 amide bonds. The number of hydrogen-bond donors (Lipinski definition) is 0. The summed E-state index contributed by atoms with van der Waals surface area (Å²) in [6.07, 6.45) is 1.40. The number of pyridine rings is 1. The van der Waals surface area contributed by atoms with Crippen LogP contribution >= 0.6 is 0 Å². The quantitative estimate of drug-likeness (QED) is 0.809. The molecule has 0 N–H and O–H groups in total. The Morgan fingerprint density at radius 2 is 1.91 bits per heavy atom. The highest BCUT2D eigenvalue weighted by Crippen LogP contribution is 2.12. The van der Waals surface area contributed by atoms with E-state index in [1.54, 1.807) is 11.1 Å². The van der Waals surface area contributed by atoms with Crippen molar-refractivity contribution in [1.29, 1.82) is 0 Å². The minimum absolute atomic E-state index is 0.0710. The molecule has 1 heterocycles. The molecule has 0 unspecified atom stereocenters. The highest BCUT2D eigenvalue weighted by molar-refractivity contribution is 5.79. The van der Waals surface area contributed by atoms with Crippen LogP contribution in [0.4, 0.5) is 4.79 Å².